The molecule has 1 atom stereocenters. The third-order valence-corrected chi connectivity index (χ3v) is 3.48. The van der Waals surface area contributed by atoms with Crippen LogP contribution in [0.3, 0.4) is 0 Å². The van der Waals surface area contributed by atoms with E-state index in [-0.39, 0.29) is 12.6 Å². The van der Waals surface area contributed by atoms with Gasteiger partial charge in [-0.05, 0) is 25.5 Å². The Hall–Kier alpha value is -0.350. The first-order chi connectivity index (χ1) is 7.70. The molecule has 2 rings (SSSR count). The lowest BCUT2D eigenvalue weighted by Gasteiger charge is -2.22. The Labute approximate surface area is 105 Å². The molecule has 0 aromatic carbocycles. The largest absolute Gasteiger partial charge is 0.395 e. The first-order valence-electron chi connectivity index (χ1n) is 5.35. The molecule has 2 heterocycles. The van der Waals surface area contributed by atoms with Crippen LogP contribution >= 0.6 is 23.2 Å². The highest BCUT2D eigenvalue weighted by atomic mass is 35.5. The highest BCUT2D eigenvalue weighted by molar-refractivity contribution is 6.34. The second-order valence-corrected chi connectivity index (χ2v) is 4.87. The molecule has 16 heavy (non-hydrogen) atoms. The highest BCUT2D eigenvalue weighted by Crippen LogP contribution is 2.24. The van der Waals surface area contributed by atoms with Gasteiger partial charge in [0.05, 0.1) is 22.3 Å². The quantitative estimate of drug-likeness (QED) is 0.907. The third-order valence-electron chi connectivity index (χ3n) is 2.95. The van der Waals surface area contributed by atoms with Gasteiger partial charge in [-0.2, -0.15) is 0 Å². The Bertz CT molecular complexity index is 373. The van der Waals surface area contributed by atoms with Crippen molar-refractivity contribution in [2.45, 2.75) is 25.4 Å². The second kappa shape index (κ2) is 5.32. The van der Waals surface area contributed by atoms with Gasteiger partial charge in [-0.3, -0.25) is 9.88 Å². The van der Waals surface area contributed by atoms with E-state index in [1.165, 1.54) is 0 Å². The first kappa shape index (κ1) is 12.1. The van der Waals surface area contributed by atoms with Crippen LogP contribution in [0.15, 0.2) is 12.3 Å². The number of halogens is 2. The molecule has 1 aromatic heterocycles. The van der Waals surface area contributed by atoms with Crippen molar-refractivity contribution in [1.82, 2.24) is 9.88 Å². The SMILES string of the molecule is OC[C@H]1CCCN1Cc1ncc(Cl)cc1Cl. The number of rotatable bonds is 3. The number of nitrogens with zero attached hydrogens (tertiary/aromatic N) is 2. The van der Waals surface area contributed by atoms with Crippen LogP contribution in [0.4, 0.5) is 0 Å². The summed E-state index contributed by atoms with van der Waals surface area (Å²) in [7, 11) is 0. The predicted octanol–water partition coefficient (Wildman–Crippen LogP) is 2.35. The standard InChI is InChI=1S/C11H14Cl2N2O/c12-8-4-10(13)11(14-5-8)6-15-3-1-2-9(15)7-16/h4-5,9,16H,1-3,6-7H2/t9-/m1/s1. The molecule has 1 N–H and O–H groups in total. The van der Waals surface area contributed by atoms with E-state index in [0.717, 1.165) is 25.1 Å². The molecular formula is C11H14Cl2N2O. The van der Waals surface area contributed by atoms with Crippen LogP contribution in [0.25, 0.3) is 0 Å². The Morgan fingerprint density at radius 2 is 2.31 bits per heavy atom. The Kier molecular flexibility index (Phi) is 4.03. The van der Waals surface area contributed by atoms with Gasteiger partial charge in [0.1, 0.15) is 0 Å². The van der Waals surface area contributed by atoms with E-state index in [2.05, 4.69) is 9.88 Å². The number of hydrogen-bond acceptors (Lipinski definition) is 3. The molecule has 0 bridgehead atoms. The summed E-state index contributed by atoms with van der Waals surface area (Å²) in [4.78, 5) is 6.43. The van der Waals surface area contributed by atoms with Gasteiger partial charge in [-0.1, -0.05) is 23.2 Å². The van der Waals surface area contributed by atoms with E-state index < -0.39 is 0 Å². The molecule has 1 aromatic rings. The monoisotopic (exact) mass is 260 g/mol. The van der Waals surface area contributed by atoms with Gasteiger partial charge in [-0.25, -0.2) is 0 Å². The summed E-state index contributed by atoms with van der Waals surface area (Å²) in [6.45, 7) is 1.87. The molecule has 5 heteroatoms. The maximum atomic E-state index is 9.21. The molecule has 0 aliphatic carbocycles. The fraction of sp³-hybridized carbons (Fsp3) is 0.545. The first-order valence-corrected chi connectivity index (χ1v) is 6.11. The fourth-order valence-corrected chi connectivity index (χ4v) is 2.50. The van der Waals surface area contributed by atoms with Crippen LogP contribution in [0.2, 0.25) is 10.0 Å². The normalized spacial score (nSPS) is 21.6. The highest BCUT2D eigenvalue weighted by Gasteiger charge is 2.24. The van der Waals surface area contributed by atoms with Crippen molar-refractivity contribution in [3.63, 3.8) is 0 Å². The Morgan fingerprint density at radius 1 is 1.50 bits per heavy atom. The van der Waals surface area contributed by atoms with Crippen molar-refractivity contribution in [3.05, 3.63) is 28.0 Å². The zero-order chi connectivity index (χ0) is 11.5. The molecule has 1 aliphatic heterocycles. The smallest absolute Gasteiger partial charge is 0.0731 e. The Morgan fingerprint density at radius 3 is 3.00 bits per heavy atom. The molecule has 1 fully saturated rings. The average molecular weight is 261 g/mol. The summed E-state index contributed by atoms with van der Waals surface area (Å²) in [6, 6.07) is 1.95. The molecule has 0 saturated carbocycles. The maximum Gasteiger partial charge on any atom is 0.0731 e. The summed E-state index contributed by atoms with van der Waals surface area (Å²) in [6.07, 6.45) is 3.77. The van der Waals surface area contributed by atoms with Crippen molar-refractivity contribution >= 4 is 23.2 Å². The van der Waals surface area contributed by atoms with Crippen LogP contribution in [-0.4, -0.2) is 34.2 Å². The van der Waals surface area contributed by atoms with Gasteiger partial charge in [0.25, 0.3) is 0 Å². The van der Waals surface area contributed by atoms with Gasteiger partial charge < -0.3 is 5.11 Å². The molecule has 0 spiro atoms. The van der Waals surface area contributed by atoms with Gasteiger partial charge in [0, 0.05) is 18.8 Å². The second-order valence-electron chi connectivity index (χ2n) is 4.03. The van der Waals surface area contributed by atoms with Crippen LogP contribution in [0, 0.1) is 0 Å². The summed E-state index contributed by atoms with van der Waals surface area (Å²) >= 11 is 11.9. The van der Waals surface area contributed by atoms with E-state index in [1.54, 1.807) is 12.3 Å². The number of aliphatic hydroxyl groups excluding tert-OH is 1. The lowest BCUT2D eigenvalue weighted by atomic mass is 10.2. The zero-order valence-corrected chi connectivity index (χ0v) is 10.4. The van der Waals surface area contributed by atoms with Crippen molar-refractivity contribution in [2.75, 3.05) is 13.2 Å². The molecular weight excluding hydrogens is 247 g/mol. The van der Waals surface area contributed by atoms with Crippen LogP contribution in [0.5, 0.6) is 0 Å². The summed E-state index contributed by atoms with van der Waals surface area (Å²) in [5.41, 5.74) is 0.825. The van der Waals surface area contributed by atoms with Gasteiger partial charge >= 0.3 is 0 Å². The number of aliphatic hydroxyl groups is 1. The Balaban J connectivity index is 2.08. The van der Waals surface area contributed by atoms with E-state index in [1.807, 2.05) is 0 Å². The molecule has 3 nitrogen and oxygen atoms in total. The summed E-state index contributed by atoms with van der Waals surface area (Å²) < 4.78 is 0. The lowest BCUT2D eigenvalue weighted by molar-refractivity contribution is 0.152. The van der Waals surface area contributed by atoms with Crippen LogP contribution in [-0.2, 0) is 6.54 Å². The van der Waals surface area contributed by atoms with Crippen LogP contribution in [0.1, 0.15) is 18.5 Å². The van der Waals surface area contributed by atoms with Crippen molar-refractivity contribution in [3.8, 4) is 0 Å². The molecule has 0 amide bonds. The number of likely N-dealkylation sites (tertiary alicyclic amines) is 1. The molecule has 0 unspecified atom stereocenters. The zero-order valence-electron chi connectivity index (χ0n) is 8.87. The van der Waals surface area contributed by atoms with Crippen molar-refractivity contribution in [1.29, 1.82) is 0 Å². The van der Waals surface area contributed by atoms with Crippen LogP contribution < -0.4 is 0 Å². The fourth-order valence-electron chi connectivity index (χ4n) is 2.06. The van der Waals surface area contributed by atoms with Crippen molar-refractivity contribution in [2.24, 2.45) is 0 Å². The summed E-state index contributed by atoms with van der Waals surface area (Å²) in [5.74, 6) is 0. The minimum absolute atomic E-state index is 0.200. The van der Waals surface area contributed by atoms with E-state index in [9.17, 15) is 5.11 Å². The maximum absolute atomic E-state index is 9.21. The lowest BCUT2D eigenvalue weighted by Crippen LogP contribution is -2.32. The van der Waals surface area contributed by atoms with E-state index in [0.29, 0.717) is 16.6 Å². The van der Waals surface area contributed by atoms with Gasteiger partial charge in [-0.15, -0.1) is 0 Å². The molecule has 1 aliphatic rings. The average Bonchev–Trinajstić information content (AvgIpc) is 2.69. The third kappa shape index (κ3) is 2.66. The van der Waals surface area contributed by atoms with E-state index >= 15 is 0 Å². The predicted molar refractivity (Wildman–Crippen MR) is 64.8 cm³/mol. The minimum atomic E-state index is 0.200. The molecule has 1 saturated heterocycles. The minimum Gasteiger partial charge on any atom is -0.395 e. The number of aromatic nitrogens is 1. The topological polar surface area (TPSA) is 36.4 Å². The van der Waals surface area contributed by atoms with Crippen molar-refractivity contribution < 1.29 is 5.11 Å². The molecule has 88 valence electrons. The summed E-state index contributed by atoms with van der Waals surface area (Å²) in [5, 5.41) is 10.4. The van der Waals surface area contributed by atoms with E-state index in [4.69, 9.17) is 23.2 Å². The number of pyridine rings is 1. The molecule has 0 radical (unpaired) electrons. The van der Waals surface area contributed by atoms with Gasteiger partial charge in [0.2, 0.25) is 0 Å². The van der Waals surface area contributed by atoms with Gasteiger partial charge in [0.15, 0.2) is 0 Å². The number of hydrogen-bond donors (Lipinski definition) is 1.